The highest BCUT2D eigenvalue weighted by atomic mass is 16.5. The van der Waals surface area contributed by atoms with E-state index in [1.165, 1.54) is 0 Å². The Labute approximate surface area is 153 Å². The predicted molar refractivity (Wildman–Crippen MR) is 99.1 cm³/mol. The molecular formula is C20H23N3O3. The molecule has 6 nitrogen and oxygen atoms in total. The number of pyridine rings is 1. The standard InChI is InChI=1S/C20H23N3O3/c1-2-26-18-7-5-17(6-8-18)22-19(24)15-9-12-23(13-10-15)20(25)16-4-3-11-21-14-16/h3-8,11,14-15H,2,9-10,12-13H2,1H3,(H,22,24). The van der Waals surface area contributed by atoms with Gasteiger partial charge in [-0.15, -0.1) is 0 Å². The van der Waals surface area contributed by atoms with Gasteiger partial charge in [0.1, 0.15) is 5.75 Å². The van der Waals surface area contributed by atoms with Crippen LogP contribution in [0.1, 0.15) is 30.1 Å². The zero-order valence-electron chi connectivity index (χ0n) is 14.9. The maximum atomic E-state index is 12.5. The second-order valence-corrected chi connectivity index (χ2v) is 6.25. The van der Waals surface area contributed by atoms with Gasteiger partial charge in [0.2, 0.25) is 5.91 Å². The molecule has 6 heteroatoms. The first-order valence-corrected chi connectivity index (χ1v) is 8.90. The van der Waals surface area contributed by atoms with E-state index in [1.807, 2.05) is 31.2 Å². The minimum Gasteiger partial charge on any atom is -0.494 e. The zero-order valence-corrected chi connectivity index (χ0v) is 14.9. The number of piperidine rings is 1. The zero-order chi connectivity index (χ0) is 18.4. The molecule has 0 atom stereocenters. The number of benzene rings is 1. The molecule has 0 aliphatic carbocycles. The van der Waals surface area contributed by atoms with Gasteiger partial charge in [0, 0.05) is 37.1 Å². The summed E-state index contributed by atoms with van der Waals surface area (Å²) in [5.74, 6) is 0.679. The lowest BCUT2D eigenvalue weighted by Gasteiger charge is -2.31. The normalized spacial score (nSPS) is 14.7. The van der Waals surface area contributed by atoms with Gasteiger partial charge in [-0.2, -0.15) is 0 Å². The van der Waals surface area contributed by atoms with E-state index in [2.05, 4.69) is 10.3 Å². The SMILES string of the molecule is CCOc1ccc(NC(=O)C2CCN(C(=O)c3cccnc3)CC2)cc1. The van der Waals surface area contributed by atoms with E-state index >= 15 is 0 Å². The van der Waals surface area contributed by atoms with Crippen molar-refractivity contribution in [3.63, 3.8) is 0 Å². The van der Waals surface area contributed by atoms with Crippen LogP contribution in [-0.2, 0) is 4.79 Å². The largest absolute Gasteiger partial charge is 0.494 e. The van der Waals surface area contributed by atoms with Crippen LogP contribution in [0, 0.1) is 5.92 Å². The number of hydrogen-bond donors (Lipinski definition) is 1. The van der Waals surface area contributed by atoms with Crippen LogP contribution >= 0.6 is 0 Å². The second kappa shape index (κ2) is 8.47. The fourth-order valence-corrected chi connectivity index (χ4v) is 3.06. The van der Waals surface area contributed by atoms with Crippen molar-refractivity contribution in [2.45, 2.75) is 19.8 Å². The highest BCUT2D eigenvalue weighted by molar-refractivity contribution is 5.95. The average Bonchev–Trinajstić information content (AvgIpc) is 2.70. The summed E-state index contributed by atoms with van der Waals surface area (Å²) in [7, 11) is 0. The molecule has 1 aliphatic rings. The highest BCUT2D eigenvalue weighted by Gasteiger charge is 2.27. The highest BCUT2D eigenvalue weighted by Crippen LogP contribution is 2.22. The number of nitrogens with zero attached hydrogens (tertiary/aromatic N) is 2. The first-order valence-electron chi connectivity index (χ1n) is 8.90. The Morgan fingerprint density at radius 2 is 1.92 bits per heavy atom. The van der Waals surface area contributed by atoms with Gasteiger partial charge in [-0.25, -0.2) is 0 Å². The molecule has 136 valence electrons. The van der Waals surface area contributed by atoms with Crippen LogP contribution in [0.3, 0.4) is 0 Å². The fourth-order valence-electron chi connectivity index (χ4n) is 3.06. The smallest absolute Gasteiger partial charge is 0.255 e. The molecule has 0 spiro atoms. The number of amides is 2. The van der Waals surface area contributed by atoms with E-state index in [0.29, 0.717) is 38.1 Å². The molecule has 2 heterocycles. The van der Waals surface area contributed by atoms with Gasteiger partial charge in [-0.1, -0.05) is 0 Å². The van der Waals surface area contributed by atoms with Gasteiger partial charge in [0.05, 0.1) is 12.2 Å². The van der Waals surface area contributed by atoms with Crippen molar-refractivity contribution in [1.29, 1.82) is 0 Å². The number of likely N-dealkylation sites (tertiary alicyclic amines) is 1. The van der Waals surface area contributed by atoms with Crippen molar-refractivity contribution in [3.05, 3.63) is 54.4 Å². The van der Waals surface area contributed by atoms with Gasteiger partial charge in [0.15, 0.2) is 0 Å². The van der Waals surface area contributed by atoms with Crippen LogP contribution in [0.5, 0.6) is 5.75 Å². The molecule has 3 rings (SSSR count). The maximum Gasteiger partial charge on any atom is 0.255 e. The Bertz CT molecular complexity index is 739. The number of carbonyl (C=O) groups excluding carboxylic acids is 2. The summed E-state index contributed by atoms with van der Waals surface area (Å²) in [4.78, 5) is 30.7. The van der Waals surface area contributed by atoms with Crippen molar-refractivity contribution in [2.24, 2.45) is 5.92 Å². The van der Waals surface area contributed by atoms with Crippen LogP contribution in [-0.4, -0.2) is 41.4 Å². The molecule has 0 unspecified atom stereocenters. The molecule has 0 bridgehead atoms. The van der Waals surface area contributed by atoms with Crippen molar-refractivity contribution in [2.75, 3.05) is 25.0 Å². The number of aromatic nitrogens is 1. The van der Waals surface area contributed by atoms with Gasteiger partial charge < -0.3 is 15.0 Å². The Kier molecular flexibility index (Phi) is 5.84. The van der Waals surface area contributed by atoms with E-state index in [9.17, 15) is 9.59 Å². The monoisotopic (exact) mass is 353 g/mol. The van der Waals surface area contributed by atoms with E-state index in [0.717, 1.165) is 11.4 Å². The first kappa shape index (κ1) is 17.9. The van der Waals surface area contributed by atoms with E-state index in [-0.39, 0.29) is 17.7 Å². The van der Waals surface area contributed by atoms with Crippen LogP contribution in [0.15, 0.2) is 48.8 Å². The molecule has 2 aromatic rings. The lowest BCUT2D eigenvalue weighted by atomic mass is 9.95. The van der Waals surface area contributed by atoms with E-state index in [4.69, 9.17) is 4.74 Å². The Hall–Kier alpha value is -2.89. The van der Waals surface area contributed by atoms with Crippen molar-refractivity contribution >= 4 is 17.5 Å². The average molecular weight is 353 g/mol. The molecule has 26 heavy (non-hydrogen) atoms. The van der Waals surface area contributed by atoms with Crippen LogP contribution in [0.4, 0.5) is 5.69 Å². The molecule has 1 aliphatic heterocycles. The van der Waals surface area contributed by atoms with Crippen molar-refractivity contribution in [1.82, 2.24) is 9.88 Å². The third-order valence-corrected chi connectivity index (χ3v) is 4.49. The molecular weight excluding hydrogens is 330 g/mol. The van der Waals surface area contributed by atoms with Crippen LogP contribution < -0.4 is 10.1 Å². The maximum absolute atomic E-state index is 12.5. The third-order valence-electron chi connectivity index (χ3n) is 4.49. The Balaban J connectivity index is 1.51. The summed E-state index contributed by atoms with van der Waals surface area (Å²) in [5, 5.41) is 2.95. The summed E-state index contributed by atoms with van der Waals surface area (Å²) in [5.41, 5.74) is 1.34. The Morgan fingerprint density at radius 3 is 2.54 bits per heavy atom. The molecule has 1 fully saturated rings. The quantitative estimate of drug-likeness (QED) is 0.897. The molecule has 2 amide bonds. The van der Waals surface area contributed by atoms with Gasteiger partial charge in [-0.3, -0.25) is 14.6 Å². The van der Waals surface area contributed by atoms with Crippen molar-refractivity contribution < 1.29 is 14.3 Å². The van der Waals surface area contributed by atoms with Crippen LogP contribution in [0.2, 0.25) is 0 Å². The summed E-state index contributed by atoms with van der Waals surface area (Å²) < 4.78 is 5.40. The lowest BCUT2D eigenvalue weighted by Crippen LogP contribution is -2.41. The minimum atomic E-state index is -0.0838. The van der Waals surface area contributed by atoms with E-state index < -0.39 is 0 Å². The summed E-state index contributed by atoms with van der Waals surface area (Å²) in [6.07, 6.45) is 4.55. The minimum absolute atomic E-state index is 0.00244. The number of hydrogen-bond acceptors (Lipinski definition) is 4. The third kappa shape index (κ3) is 4.39. The number of carbonyl (C=O) groups is 2. The Morgan fingerprint density at radius 1 is 1.19 bits per heavy atom. The number of rotatable bonds is 5. The molecule has 1 N–H and O–H groups in total. The van der Waals surface area contributed by atoms with Crippen molar-refractivity contribution in [3.8, 4) is 5.75 Å². The number of nitrogens with one attached hydrogen (secondary N) is 1. The molecule has 1 saturated heterocycles. The molecule has 1 aromatic heterocycles. The van der Waals surface area contributed by atoms with Gasteiger partial charge in [-0.05, 0) is 56.2 Å². The fraction of sp³-hybridized carbons (Fsp3) is 0.350. The molecule has 0 radical (unpaired) electrons. The lowest BCUT2D eigenvalue weighted by molar-refractivity contribution is -0.121. The second-order valence-electron chi connectivity index (χ2n) is 6.25. The molecule has 0 saturated carbocycles. The van der Waals surface area contributed by atoms with Gasteiger partial charge >= 0.3 is 0 Å². The number of anilines is 1. The topological polar surface area (TPSA) is 71.5 Å². The summed E-state index contributed by atoms with van der Waals surface area (Å²) in [6, 6.07) is 10.9. The first-order chi connectivity index (χ1) is 12.7. The van der Waals surface area contributed by atoms with Gasteiger partial charge in [0.25, 0.3) is 5.91 Å². The number of ether oxygens (including phenoxy) is 1. The van der Waals surface area contributed by atoms with E-state index in [1.54, 1.807) is 29.4 Å². The van der Waals surface area contributed by atoms with Crippen LogP contribution in [0.25, 0.3) is 0 Å². The molecule has 1 aromatic carbocycles. The predicted octanol–water partition coefficient (Wildman–Crippen LogP) is 2.97. The summed E-state index contributed by atoms with van der Waals surface area (Å²) in [6.45, 7) is 3.70. The summed E-state index contributed by atoms with van der Waals surface area (Å²) >= 11 is 0.